The minimum atomic E-state index is -0.0399. The van der Waals surface area contributed by atoms with E-state index in [9.17, 15) is 9.59 Å². The van der Waals surface area contributed by atoms with Crippen LogP contribution < -0.4 is 15.5 Å². The maximum Gasteiger partial charge on any atom is 0.252 e. The molecule has 1 aromatic rings. The van der Waals surface area contributed by atoms with Crippen LogP contribution in [0.1, 0.15) is 60.9 Å². The summed E-state index contributed by atoms with van der Waals surface area (Å²) >= 11 is 0. The predicted molar refractivity (Wildman–Crippen MR) is 128 cm³/mol. The fraction of sp³-hybridized carbons (Fsp3) is 0.680. The molecule has 2 aliphatic heterocycles. The second-order valence-corrected chi connectivity index (χ2v) is 9.25. The second-order valence-electron chi connectivity index (χ2n) is 9.25. The molecule has 32 heavy (non-hydrogen) atoms. The lowest BCUT2D eigenvalue weighted by molar-refractivity contribution is -0.122. The number of methoxy groups -OCH3 is 1. The summed E-state index contributed by atoms with van der Waals surface area (Å²) in [5.41, 5.74) is 2.52. The van der Waals surface area contributed by atoms with Gasteiger partial charge in [0.05, 0.1) is 0 Å². The molecule has 2 N–H and O–H groups in total. The zero-order chi connectivity index (χ0) is 22.8. The highest BCUT2D eigenvalue weighted by Gasteiger charge is 2.21. The van der Waals surface area contributed by atoms with E-state index in [-0.39, 0.29) is 18.4 Å². The monoisotopic (exact) mass is 444 g/mol. The fourth-order valence-electron chi connectivity index (χ4n) is 4.76. The van der Waals surface area contributed by atoms with E-state index in [1.807, 2.05) is 23.1 Å². The molecule has 0 spiro atoms. The van der Waals surface area contributed by atoms with Crippen LogP contribution in [0, 0.1) is 5.92 Å². The summed E-state index contributed by atoms with van der Waals surface area (Å²) < 4.78 is 5.13. The summed E-state index contributed by atoms with van der Waals surface area (Å²) in [6.45, 7) is 5.20. The number of likely N-dealkylation sites (tertiary alicyclic amines) is 1. The lowest BCUT2D eigenvalue weighted by Gasteiger charge is -2.29. The molecule has 7 heteroatoms. The van der Waals surface area contributed by atoms with Gasteiger partial charge in [0.15, 0.2) is 0 Å². The van der Waals surface area contributed by atoms with E-state index >= 15 is 0 Å². The number of nitrogens with one attached hydrogen (secondary N) is 2. The van der Waals surface area contributed by atoms with E-state index in [1.165, 1.54) is 19.3 Å². The number of nitrogens with zero attached hydrogens (tertiary/aromatic N) is 2. The van der Waals surface area contributed by atoms with Crippen LogP contribution in [0.25, 0.3) is 0 Å². The number of hydrogen-bond donors (Lipinski definition) is 2. The van der Waals surface area contributed by atoms with Crippen molar-refractivity contribution in [2.24, 2.45) is 5.92 Å². The lowest BCUT2D eigenvalue weighted by atomic mass is 9.98. The Labute approximate surface area is 192 Å². The van der Waals surface area contributed by atoms with Crippen LogP contribution in [0.3, 0.4) is 0 Å². The molecule has 1 aromatic carbocycles. The maximum absolute atomic E-state index is 12.9. The summed E-state index contributed by atoms with van der Waals surface area (Å²) in [7, 11) is 3.69. The van der Waals surface area contributed by atoms with Crippen molar-refractivity contribution in [3.8, 4) is 0 Å². The smallest absolute Gasteiger partial charge is 0.252 e. The normalized spacial score (nSPS) is 21.2. The van der Waals surface area contributed by atoms with Crippen LogP contribution in [0.2, 0.25) is 0 Å². The third-order valence-corrected chi connectivity index (χ3v) is 6.53. The molecule has 7 nitrogen and oxygen atoms in total. The van der Waals surface area contributed by atoms with Gasteiger partial charge in [-0.2, -0.15) is 0 Å². The molecule has 0 aliphatic carbocycles. The Bertz CT molecular complexity index is 755. The van der Waals surface area contributed by atoms with Crippen LogP contribution in [0.5, 0.6) is 0 Å². The van der Waals surface area contributed by atoms with E-state index < -0.39 is 0 Å². The summed E-state index contributed by atoms with van der Waals surface area (Å²) in [5, 5.41) is 6.63. The van der Waals surface area contributed by atoms with Gasteiger partial charge in [-0.3, -0.25) is 9.59 Å². The highest BCUT2D eigenvalue weighted by atomic mass is 16.5. The molecule has 0 aromatic heterocycles. The van der Waals surface area contributed by atoms with E-state index in [1.54, 1.807) is 7.11 Å². The Hall–Kier alpha value is -1.96. The molecule has 0 saturated carbocycles. The number of hydrogen-bond acceptors (Lipinski definition) is 5. The Balaban J connectivity index is 1.75. The molecule has 2 aliphatic rings. The minimum Gasteiger partial charge on any atom is -0.375 e. The van der Waals surface area contributed by atoms with Gasteiger partial charge in [0, 0.05) is 44.5 Å². The molecule has 0 radical (unpaired) electrons. The fourth-order valence-corrected chi connectivity index (χ4v) is 4.76. The molecule has 2 heterocycles. The number of anilines is 1. The van der Waals surface area contributed by atoms with Crippen LogP contribution in [-0.2, 0) is 16.1 Å². The maximum atomic E-state index is 12.9. The SMILES string of the molecule is COCC(=O)N1CCCCCCCNCc2cc(C(=O)NCC3CCCN(C)C3)ccc21. The third kappa shape index (κ3) is 7.29. The van der Waals surface area contributed by atoms with Crippen LogP contribution in [0.4, 0.5) is 5.69 Å². The zero-order valence-corrected chi connectivity index (χ0v) is 19.8. The second kappa shape index (κ2) is 12.9. The third-order valence-electron chi connectivity index (χ3n) is 6.53. The highest BCUT2D eigenvalue weighted by Crippen LogP contribution is 2.24. The van der Waals surface area contributed by atoms with Crippen molar-refractivity contribution in [1.29, 1.82) is 0 Å². The van der Waals surface area contributed by atoms with Gasteiger partial charge in [0.1, 0.15) is 6.61 Å². The largest absolute Gasteiger partial charge is 0.375 e. The average molecular weight is 445 g/mol. The Morgan fingerprint density at radius 3 is 2.75 bits per heavy atom. The molecular formula is C25H40N4O3. The van der Waals surface area contributed by atoms with Crippen molar-refractivity contribution in [2.45, 2.75) is 51.5 Å². The Morgan fingerprint density at radius 1 is 1.12 bits per heavy atom. The van der Waals surface area contributed by atoms with Crippen LogP contribution in [-0.4, -0.2) is 70.2 Å². The van der Waals surface area contributed by atoms with E-state index in [4.69, 9.17) is 4.74 Å². The lowest BCUT2D eigenvalue weighted by Crippen LogP contribution is -2.39. The minimum absolute atomic E-state index is 0.0376. The van der Waals surface area contributed by atoms with Crippen molar-refractivity contribution in [1.82, 2.24) is 15.5 Å². The number of fused-ring (bicyclic) bond motifs is 1. The molecule has 2 amide bonds. The molecule has 1 saturated heterocycles. The topological polar surface area (TPSA) is 73.9 Å². The predicted octanol–water partition coefficient (Wildman–Crippen LogP) is 2.79. The van der Waals surface area contributed by atoms with Crippen LogP contribution >= 0.6 is 0 Å². The van der Waals surface area contributed by atoms with Crippen molar-refractivity contribution in [2.75, 3.05) is 58.4 Å². The molecule has 1 unspecified atom stereocenters. The van der Waals surface area contributed by atoms with Crippen molar-refractivity contribution in [3.63, 3.8) is 0 Å². The standard InChI is InChI=1S/C25H40N4O3/c1-28-13-8-9-20(18-28)16-27-25(31)21-10-11-23-22(15-21)17-26-12-6-4-3-5-7-14-29(23)24(30)19-32-2/h10-11,15,20,26H,3-9,12-14,16-19H2,1-2H3,(H,27,31). The number of rotatable bonds is 5. The summed E-state index contributed by atoms with van der Waals surface area (Å²) in [6, 6.07) is 5.73. The summed E-state index contributed by atoms with van der Waals surface area (Å²) in [4.78, 5) is 29.9. The van der Waals surface area contributed by atoms with Gasteiger partial charge in [-0.05, 0) is 75.5 Å². The van der Waals surface area contributed by atoms with Gasteiger partial charge in [-0.1, -0.05) is 19.3 Å². The molecular weight excluding hydrogens is 404 g/mol. The summed E-state index contributed by atoms with van der Waals surface area (Å²) in [5.74, 6) is 0.428. The van der Waals surface area contributed by atoms with E-state index in [2.05, 4.69) is 22.6 Å². The first kappa shape index (κ1) is 24.7. The number of piperidine rings is 1. The first-order valence-electron chi connectivity index (χ1n) is 12.2. The number of carbonyl (C=O) groups excluding carboxylic acids is 2. The number of carbonyl (C=O) groups is 2. The van der Waals surface area contributed by atoms with Crippen molar-refractivity contribution >= 4 is 17.5 Å². The van der Waals surface area contributed by atoms with E-state index in [0.717, 1.165) is 56.6 Å². The Kier molecular flexibility index (Phi) is 9.96. The first-order valence-corrected chi connectivity index (χ1v) is 12.2. The quantitative estimate of drug-likeness (QED) is 0.731. The van der Waals surface area contributed by atoms with Gasteiger partial charge < -0.3 is 25.2 Å². The van der Waals surface area contributed by atoms with Gasteiger partial charge >= 0.3 is 0 Å². The van der Waals surface area contributed by atoms with Crippen molar-refractivity contribution in [3.05, 3.63) is 29.3 Å². The average Bonchev–Trinajstić information content (AvgIpc) is 2.78. The number of amides is 2. The molecule has 1 atom stereocenters. The van der Waals surface area contributed by atoms with Crippen LogP contribution in [0.15, 0.2) is 18.2 Å². The van der Waals surface area contributed by atoms with Gasteiger partial charge in [0.25, 0.3) is 11.8 Å². The zero-order valence-electron chi connectivity index (χ0n) is 19.8. The van der Waals surface area contributed by atoms with Gasteiger partial charge in [0.2, 0.25) is 0 Å². The number of ether oxygens (including phenoxy) is 1. The van der Waals surface area contributed by atoms with Gasteiger partial charge in [-0.25, -0.2) is 0 Å². The van der Waals surface area contributed by atoms with Crippen molar-refractivity contribution < 1.29 is 14.3 Å². The highest BCUT2D eigenvalue weighted by molar-refractivity contribution is 5.98. The Morgan fingerprint density at radius 2 is 1.94 bits per heavy atom. The molecule has 178 valence electrons. The molecule has 1 fully saturated rings. The van der Waals surface area contributed by atoms with Gasteiger partial charge in [-0.15, -0.1) is 0 Å². The summed E-state index contributed by atoms with van der Waals surface area (Å²) in [6.07, 6.45) is 7.98. The molecule has 0 bridgehead atoms. The number of benzene rings is 1. The molecule has 3 rings (SSSR count). The first-order chi connectivity index (χ1) is 15.6. The van der Waals surface area contributed by atoms with E-state index in [0.29, 0.717) is 31.1 Å².